The van der Waals surface area contributed by atoms with Crippen LogP contribution in [0.25, 0.3) is 22.0 Å². The number of aryl methyl sites for hydroxylation is 1. The molecule has 3 heterocycles. The minimum Gasteiger partial charge on any atom is -0.421 e. The van der Waals surface area contributed by atoms with Crippen molar-refractivity contribution in [1.82, 2.24) is 13.9 Å². The minimum atomic E-state index is -3.57. The highest BCUT2D eigenvalue weighted by Gasteiger charge is 2.26. The molecule has 1 aromatic carbocycles. The van der Waals surface area contributed by atoms with Crippen molar-refractivity contribution in [3.05, 3.63) is 34.9 Å². The Morgan fingerprint density at radius 3 is 2.56 bits per heavy atom. The van der Waals surface area contributed by atoms with Crippen LogP contribution in [0, 0.1) is 0 Å². The van der Waals surface area contributed by atoms with Gasteiger partial charge < -0.3 is 8.98 Å². The molecule has 0 saturated carbocycles. The molecule has 0 bridgehead atoms. The number of aromatic nitrogens is 2. The highest BCUT2D eigenvalue weighted by Crippen LogP contribution is 2.27. The minimum absolute atomic E-state index is 0.208. The van der Waals surface area contributed by atoms with E-state index in [-0.39, 0.29) is 10.4 Å². The number of benzene rings is 1. The van der Waals surface area contributed by atoms with Crippen molar-refractivity contribution in [3.63, 3.8) is 0 Å². The van der Waals surface area contributed by atoms with Gasteiger partial charge in [-0.2, -0.15) is 4.31 Å². The lowest BCUT2D eigenvalue weighted by Crippen LogP contribution is -2.31. The zero-order chi connectivity index (χ0) is 17.6. The van der Waals surface area contributed by atoms with Crippen LogP contribution in [0.2, 0.25) is 0 Å². The molecule has 1 aliphatic rings. The molecule has 0 radical (unpaired) electrons. The summed E-state index contributed by atoms with van der Waals surface area (Å²) in [7, 11) is -1.80. The first-order valence-electron chi connectivity index (χ1n) is 8.36. The summed E-state index contributed by atoms with van der Waals surface area (Å²) < 4.78 is 34.6. The Balaban J connectivity index is 1.91. The first-order valence-corrected chi connectivity index (χ1v) is 9.80. The predicted molar refractivity (Wildman–Crippen MR) is 94.0 cm³/mol. The summed E-state index contributed by atoms with van der Waals surface area (Å²) in [5, 5.41) is 0.575. The van der Waals surface area contributed by atoms with E-state index in [4.69, 9.17) is 4.42 Å². The van der Waals surface area contributed by atoms with Gasteiger partial charge in [0, 0.05) is 25.5 Å². The maximum absolute atomic E-state index is 13.0. The molecule has 25 heavy (non-hydrogen) atoms. The van der Waals surface area contributed by atoms with Crippen LogP contribution in [0.5, 0.6) is 0 Å². The normalized spacial score (nSPS) is 17.2. The molecule has 0 aliphatic carbocycles. The summed E-state index contributed by atoms with van der Waals surface area (Å²) in [5.74, 6) is 0. The van der Waals surface area contributed by atoms with Gasteiger partial charge in [0.25, 0.3) is 0 Å². The average molecular weight is 361 g/mol. The van der Waals surface area contributed by atoms with Crippen LogP contribution in [-0.4, -0.2) is 35.4 Å². The van der Waals surface area contributed by atoms with Gasteiger partial charge in [-0.3, -0.25) is 0 Å². The van der Waals surface area contributed by atoms with E-state index in [1.54, 1.807) is 28.1 Å². The molecule has 1 fully saturated rings. The van der Waals surface area contributed by atoms with Gasteiger partial charge in [0.15, 0.2) is 5.52 Å². The fraction of sp³-hybridized carbons (Fsp3) is 0.412. The third-order valence-corrected chi connectivity index (χ3v) is 6.64. The second-order valence-corrected chi connectivity index (χ2v) is 8.36. The van der Waals surface area contributed by atoms with Crippen LogP contribution in [-0.2, 0) is 17.1 Å². The smallest absolute Gasteiger partial charge is 0.364 e. The standard InChI is InChI=1S/C17H19N3O4S/c1-19-11-18-15-16(19)13-10-12(6-7-14(13)24-17(15)21)25(22,23)20-8-4-2-3-5-9-20/h6-7,10-11H,2-5,8-9H2,1H3. The summed E-state index contributed by atoms with van der Waals surface area (Å²) >= 11 is 0. The van der Waals surface area contributed by atoms with Crippen molar-refractivity contribution < 1.29 is 12.8 Å². The Morgan fingerprint density at radius 1 is 1.12 bits per heavy atom. The summed E-state index contributed by atoms with van der Waals surface area (Å²) in [6.45, 7) is 1.09. The lowest BCUT2D eigenvalue weighted by Gasteiger charge is -2.20. The lowest BCUT2D eigenvalue weighted by molar-refractivity contribution is 0.424. The molecule has 132 valence electrons. The van der Waals surface area contributed by atoms with Crippen molar-refractivity contribution in [2.45, 2.75) is 30.6 Å². The quantitative estimate of drug-likeness (QED) is 0.654. The van der Waals surface area contributed by atoms with Gasteiger partial charge >= 0.3 is 5.63 Å². The second kappa shape index (κ2) is 5.96. The lowest BCUT2D eigenvalue weighted by atomic mass is 10.2. The number of hydrogen-bond donors (Lipinski definition) is 0. The van der Waals surface area contributed by atoms with Crippen molar-refractivity contribution in [3.8, 4) is 0 Å². The molecular formula is C17H19N3O4S. The average Bonchev–Trinajstić information content (AvgIpc) is 2.81. The van der Waals surface area contributed by atoms with Crippen LogP contribution in [0.15, 0.2) is 38.6 Å². The largest absolute Gasteiger partial charge is 0.421 e. The molecule has 0 atom stereocenters. The number of rotatable bonds is 2. The third-order valence-electron chi connectivity index (χ3n) is 4.74. The van der Waals surface area contributed by atoms with Gasteiger partial charge in [-0.15, -0.1) is 0 Å². The van der Waals surface area contributed by atoms with E-state index in [9.17, 15) is 13.2 Å². The Bertz CT molecular complexity index is 1110. The summed E-state index contributed by atoms with van der Waals surface area (Å²) in [5.41, 5.74) is 0.626. The van der Waals surface area contributed by atoms with E-state index in [1.807, 2.05) is 0 Å². The van der Waals surface area contributed by atoms with Crippen molar-refractivity contribution >= 4 is 32.0 Å². The maximum atomic E-state index is 13.0. The zero-order valence-electron chi connectivity index (χ0n) is 13.9. The monoisotopic (exact) mass is 361 g/mol. The molecule has 1 aliphatic heterocycles. The van der Waals surface area contributed by atoms with E-state index in [0.717, 1.165) is 25.7 Å². The number of imidazole rings is 1. The number of fused-ring (bicyclic) bond motifs is 3. The molecule has 1 saturated heterocycles. The van der Waals surface area contributed by atoms with Crippen molar-refractivity contribution in [1.29, 1.82) is 0 Å². The fourth-order valence-corrected chi connectivity index (χ4v) is 4.96. The summed E-state index contributed by atoms with van der Waals surface area (Å²) in [6.07, 6.45) is 5.41. The Morgan fingerprint density at radius 2 is 1.84 bits per heavy atom. The van der Waals surface area contributed by atoms with Gasteiger partial charge in [-0.05, 0) is 31.0 Å². The molecule has 0 amide bonds. The van der Waals surface area contributed by atoms with E-state index in [0.29, 0.717) is 29.6 Å². The van der Waals surface area contributed by atoms with Crippen LogP contribution in [0.3, 0.4) is 0 Å². The van der Waals surface area contributed by atoms with Gasteiger partial charge in [0.05, 0.1) is 16.7 Å². The van der Waals surface area contributed by atoms with Crippen molar-refractivity contribution in [2.24, 2.45) is 7.05 Å². The van der Waals surface area contributed by atoms with Crippen LogP contribution < -0.4 is 5.63 Å². The second-order valence-electron chi connectivity index (χ2n) is 6.42. The van der Waals surface area contributed by atoms with Crippen LogP contribution in [0.4, 0.5) is 0 Å². The molecule has 0 N–H and O–H groups in total. The van der Waals surface area contributed by atoms with E-state index in [1.165, 1.54) is 12.4 Å². The van der Waals surface area contributed by atoms with Gasteiger partial charge in [0.2, 0.25) is 10.0 Å². The van der Waals surface area contributed by atoms with Crippen LogP contribution >= 0.6 is 0 Å². The molecule has 2 aromatic heterocycles. The molecule has 7 nitrogen and oxygen atoms in total. The van der Waals surface area contributed by atoms with Gasteiger partial charge in [-0.1, -0.05) is 12.8 Å². The Hall–Kier alpha value is -2.19. The summed E-state index contributed by atoms with van der Waals surface area (Å²) in [4.78, 5) is 16.3. The van der Waals surface area contributed by atoms with Crippen molar-refractivity contribution in [2.75, 3.05) is 13.1 Å². The van der Waals surface area contributed by atoms with E-state index >= 15 is 0 Å². The first kappa shape index (κ1) is 16.3. The highest BCUT2D eigenvalue weighted by atomic mass is 32.2. The molecule has 3 aromatic rings. The molecule has 0 spiro atoms. The maximum Gasteiger partial charge on any atom is 0.364 e. The van der Waals surface area contributed by atoms with E-state index < -0.39 is 15.6 Å². The summed E-state index contributed by atoms with van der Waals surface area (Å²) in [6, 6.07) is 4.64. The number of nitrogens with zero attached hydrogens (tertiary/aromatic N) is 3. The Labute approximate surface area is 144 Å². The SMILES string of the molecule is Cn1cnc2c(=O)oc3ccc(S(=O)(=O)N4CCCCCC4)cc3c21. The molecule has 0 unspecified atom stereocenters. The van der Waals surface area contributed by atoms with E-state index in [2.05, 4.69) is 4.98 Å². The third kappa shape index (κ3) is 2.65. The zero-order valence-corrected chi connectivity index (χ0v) is 14.8. The first-order chi connectivity index (χ1) is 12.0. The molecule has 4 rings (SSSR count). The highest BCUT2D eigenvalue weighted by molar-refractivity contribution is 7.89. The van der Waals surface area contributed by atoms with Gasteiger partial charge in [0.1, 0.15) is 5.58 Å². The predicted octanol–water partition coefficient (Wildman–Crippen LogP) is 2.24. The topological polar surface area (TPSA) is 85.4 Å². The number of sulfonamides is 1. The fourth-order valence-electron chi connectivity index (χ4n) is 3.42. The molecular weight excluding hydrogens is 342 g/mol. The van der Waals surface area contributed by atoms with Crippen LogP contribution in [0.1, 0.15) is 25.7 Å². The molecule has 8 heteroatoms. The van der Waals surface area contributed by atoms with Gasteiger partial charge in [-0.25, -0.2) is 18.2 Å². The number of hydrogen-bond acceptors (Lipinski definition) is 5. The Kier molecular flexibility index (Phi) is 3.88.